The highest BCUT2D eigenvalue weighted by Gasteiger charge is 2.29. The van der Waals surface area contributed by atoms with Crippen LogP contribution in [0.25, 0.3) is 0 Å². The van der Waals surface area contributed by atoms with Crippen LogP contribution in [0.15, 0.2) is 58.3 Å². The molecule has 1 atom stereocenters. The minimum Gasteiger partial charge on any atom is -0.326 e. The number of hydrogen-bond donors (Lipinski definition) is 3. The number of rotatable bonds is 7. The molecule has 1 unspecified atom stereocenters. The lowest BCUT2D eigenvalue weighted by Gasteiger charge is -2.13. The molecule has 2 amide bonds. The number of hydrogen-bond acceptors (Lipinski definition) is 5. The van der Waals surface area contributed by atoms with Crippen molar-refractivity contribution in [1.82, 2.24) is 0 Å². The van der Waals surface area contributed by atoms with Crippen LogP contribution < -0.4 is 15.8 Å². The highest BCUT2D eigenvalue weighted by atomic mass is 32.2. The molecule has 0 bridgehead atoms. The van der Waals surface area contributed by atoms with Crippen molar-refractivity contribution in [1.29, 1.82) is 0 Å². The van der Waals surface area contributed by atoms with Gasteiger partial charge in [-0.05, 0) is 68.3 Å². The van der Waals surface area contributed by atoms with Crippen LogP contribution in [0.1, 0.15) is 19.8 Å². The maximum atomic E-state index is 12.4. The summed E-state index contributed by atoms with van der Waals surface area (Å²) in [6.45, 7) is 1.78. The molecular weight excluding hydrogens is 398 g/mol. The van der Waals surface area contributed by atoms with Gasteiger partial charge in [0, 0.05) is 22.2 Å². The highest BCUT2D eigenvalue weighted by Crippen LogP contribution is 2.31. The van der Waals surface area contributed by atoms with Gasteiger partial charge in [0.25, 0.3) is 0 Å². The second-order valence-electron chi connectivity index (χ2n) is 6.61. The van der Waals surface area contributed by atoms with E-state index in [0.717, 1.165) is 23.4 Å². The van der Waals surface area contributed by atoms with Crippen molar-refractivity contribution in [3.05, 3.63) is 48.5 Å². The zero-order valence-electron chi connectivity index (χ0n) is 15.2. The van der Waals surface area contributed by atoms with Gasteiger partial charge in [0.05, 0.1) is 10.1 Å². The summed E-state index contributed by atoms with van der Waals surface area (Å²) >= 11 is 1.38. The Kier molecular flexibility index (Phi) is 6.07. The molecule has 1 saturated carbocycles. The number of carbonyl (C=O) groups is 2. The summed E-state index contributed by atoms with van der Waals surface area (Å²) in [6, 6.07) is 13.0. The lowest BCUT2D eigenvalue weighted by atomic mass is 10.3. The zero-order chi connectivity index (χ0) is 20.3. The minimum atomic E-state index is -3.76. The number of thioether (sulfide) groups is 1. The Hall–Kier alpha value is -2.36. The van der Waals surface area contributed by atoms with Gasteiger partial charge in [-0.25, -0.2) is 13.6 Å². The maximum absolute atomic E-state index is 12.4. The molecule has 0 radical (unpaired) electrons. The third-order valence-corrected chi connectivity index (χ3v) is 6.24. The molecule has 9 heteroatoms. The number of carbonyl (C=O) groups excluding carboxylic acids is 2. The van der Waals surface area contributed by atoms with Crippen LogP contribution >= 0.6 is 11.8 Å². The molecule has 1 aliphatic carbocycles. The molecule has 2 aromatic carbocycles. The Balaban J connectivity index is 1.54. The molecule has 1 fully saturated rings. The van der Waals surface area contributed by atoms with Crippen molar-refractivity contribution in [3.63, 3.8) is 0 Å². The topological polar surface area (TPSA) is 118 Å². The highest BCUT2D eigenvalue weighted by molar-refractivity contribution is 8.00. The van der Waals surface area contributed by atoms with E-state index < -0.39 is 10.0 Å². The van der Waals surface area contributed by atoms with E-state index in [1.54, 1.807) is 6.92 Å². The number of benzene rings is 2. The first-order valence-electron chi connectivity index (χ1n) is 8.74. The largest absolute Gasteiger partial charge is 0.326 e. The lowest BCUT2D eigenvalue weighted by molar-refractivity contribution is -0.117. The van der Waals surface area contributed by atoms with Crippen LogP contribution in [-0.2, 0) is 19.6 Å². The molecule has 2 aromatic rings. The lowest BCUT2D eigenvalue weighted by Crippen LogP contribution is -2.22. The number of nitrogens with two attached hydrogens (primary N) is 1. The molecule has 1 aliphatic rings. The van der Waals surface area contributed by atoms with Crippen molar-refractivity contribution in [2.24, 2.45) is 11.1 Å². The van der Waals surface area contributed by atoms with E-state index in [4.69, 9.17) is 5.14 Å². The van der Waals surface area contributed by atoms with Crippen LogP contribution in [0.5, 0.6) is 0 Å². The molecule has 0 spiro atoms. The summed E-state index contributed by atoms with van der Waals surface area (Å²) in [5.74, 6) is -0.00198. The summed E-state index contributed by atoms with van der Waals surface area (Å²) in [5.41, 5.74) is 1.23. The second kappa shape index (κ2) is 8.34. The predicted octanol–water partition coefficient (Wildman–Crippen LogP) is 2.80. The van der Waals surface area contributed by atoms with E-state index in [-0.39, 0.29) is 27.9 Å². The van der Waals surface area contributed by atoms with Gasteiger partial charge in [-0.2, -0.15) is 0 Å². The first-order chi connectivity index (χ1) is 13.2. The zero-order valence-corrected chi connectivity index (χ0v) is 16.8. The molecule has 7 nitrogen and oxygen atoms in total. The van der Waals surface area contributed by atoms with Gasteiger partial charge in [-0.1, -0.05) is 0 Å². The molecule has 0 saturated heterocycles. The van der Waals surface area contributed by atoms with Crippen molar-refractivity contribution < 1.29 is 18.0 Å². The summed E-state index contributed by atoms with van der Waals surface area (Å²) in [7, 11) is -3.76. The average Bonchev–Trinajstić information content (AvgIpc) is 3.48. The van der Waals surface area contributed by atoms with Crippen molar-refractivity contribution in [3.8, 4) is 0 Å². The Labute approximate surface area is 168 Å². The van der Waals surface area contributed by atoms with Crippen LogP contribution in [0.2, 0.25) is 0 Å². The van der Waals surface area contributed by atoms with Crippen LogP contribution in [0, 0.1) is 5.92 Å². The fourth-order valence-electron chi connectivity index (χ4n) is 2.44. The maximum Gasteiger partial charge on any atom is 0.238 e. The third-order valence-electron chi connectivity index (χ3n) is 4.20. The molecule has 28 heavy (non-hydrogen) atoms. The summed E-state index contributed by atoms with van der Waals surface area (Å²) < 4.78 is 22.5. The predicted molar refractivity (Wildman–Crippen MR) is 110 cm³/mol. The van der Waals surface area contributed by atoms with Crippen LogP contribution in [0.3, 0.4) is 0 Å². The Morgan fingerprint density at radius 3 is 2.07 bits per heavy atom. The quantitative estimate of drug-likeness (QED) is 0.596. The third kappa shape index (κ3) is 5.57. The van der Waals surface area contributed by atoms with Crippen molar-refractivity contribution in [2.75, 3.05) is 10.6 Å². The van der Waals surface area contributed by atoms with Gasteiger partial charge >= 0.3 is 0 Å². The van der Waals surface area contributed by atoms with E-state index >= 15 is 0 Å². The van der Waals surface area contributed by atoms with E-state index in [1.165, 1.54) is 36.0 Å². The summed E-state index contributed by atoms with van der Waals surface area (Å²) in [4.78, 5) is 25.0. The molecule has 0 aromatic heterocycles. The molecular formula is C19H21N3O4S2. The fourth-order valence-corrected chi connectivity index (χ4v) is 3.82. The van der Waals surface area contributed by atoms with Crippen LogP contribution in [-0.4, -0.2) is 25.5 Å². The normalized spacial score (nSPS) is 14.9. The smallest absolute Gasteiger partial charge is 0.238 e. The number of primary sulfonamides is 1. The number of amides is 2. The number of sulfonamides is 1. The van der Waals surface area contributed by atoms with E-state index in [1.807, 2.05) is 24.3 Å². The molecule has 4 N–H and O–H groups in total. The molecule has 148 valence electrons. The molecule has 3 rings (SSSR count). The SMILES string of the molecule is CC(Sc1ccc(NC(=O)C2CC2)cc1)C(=O)Nc1ccc(S(N)(=O)=O)cc1. The fraction of sp³-hybridized carbons (Fsp3) is 0.263. The van der Waals surface area contributed by atoms with E-state index in [2.05, 4.69) is 10.6 Å². The Bertz CT molecular complexity index is 969. The molecule has 0 heterocycles. The standard InChI is InChI=1S/C19H21N3O4S2/c1-12(18(23)21-15-6-10-17(11-7-15)28(20,25)26)27-16-8-4-14(5-9-16)22-19(24)13-2-3-13/h4-13H,2-3H2,1H3,(H,21,23)(H,22,24)(H2,20,25,26). The second-order valence-corrected chi connectivity index (χ2v) is 9.58. The number of nitrogens with one attached hydrogen (secondary N) is 2. The minimum absolute atomic E-state index is 0.0122. The Morgan fingerprint density at radius 2 is 1.54 bits per heavy atom. The van der Waals surface area contributed by atoms with E-state index in [9.17, 15) is 18.0 Å². The monoisotopic (exact) mass is 419 g/mol. The average molecular weight is 420 g/mol. The van der Waals surface area contributed by atoms with Crippen LogP contribution in [0.4, 0.5) is 11.4 Å². The van der Waals surface area contributed by atoms with Gasteiger partial charge in [-0.15, -0.1) is 11.8 Å². The first-order valence-corrected chi connectivity index (χ1v) is 11.2. The summed E-state index contributed by atoms with van der Waals surface area (Å²) in [6.07, 6.45) is 1.91. The first kappa shape index (κ1) is 20.4. The summed E-state index contributed by atoms with van der Waals surface area (Å²) in [5, 5.41) is 10.3. The number of anilines is 2. The van der Waals surface area contributed by atoms with Gasteiger partial charge in [-0.3, -0.25) is 9.59 Å². The van der Waals surface area contributed by atoms with Gasteiger partial charge in [0.1, 0.15) is 0 Å². The van der Waals surface area contributed by atoms with E-state index in [0.29, 0.717) is 5.69 Å². The van der Waals surface area contributed by atoms with Gasteiger partial charge < -0.3 is 10.6 Å². The van der Waals surface area contributed by atoms with Gasteiger partial charge in [0.15, 0.2) is 0 Å². The Morgan fingerprint density at radius 1 is 1.00 bits per heavy atom. The van der Waals surface area contributed by atoms with Crippen molar-refractivity contribution >= 4 is 45.0 Å². The van der Waals surface area contributed by atoms with Crippen molar-refractivity contribution in [2.45, 2.75) is 34.8 Å². The molecule has 0 aliphatic heterocycles. The van der Waals surface area contributed by atoms with Gasteiger partial charge in [0.2, 0.25) is 21.8 Å².